The van der Waals surface area contributed by atoms with Crippen molar-refractivity contribution in [1.29, 1.82) is 0 Å². The molecule has 0 radical (unpaired) electrons. The topological polar surface area (TPSA) is 31.0 Å². The highest BCUT2D eigenvalue weighted by molar-refractivity contribution is 6.26. The molecule has 3 nitrogen and oxygen atoms in total. The molecule has 11 rings (SSSR count). The van der Waals surface area contributed by atoms with E-state index in [4.69, 9.17) is 16.3 Å². The molecule has 0 bridgehead atoms. The highest BCUT2D eigenvalue weighted by atomic mass is 16.3. The Bertz CT molecular complexity index is 3490. The fourth-order valence-corrected chi connectivity index (χ4v) is 8.18. The van der Waals surface area contributed by atoms with Gasteiger partial charge in [0.05, 0.1) is 17.9 Å². The Morgan fingerprint density at radius 2 is 1.15 bits per heavy atom. The second-order valence-electron chi connectivity index (χ2n) is 13.5. The predicted octanol–water partition coefficient (Wildman–Crippen LogP) is 13.9. The van der Waals surface area contributed by atoms with Gasteiger partial charge in [0.2, 0.25) is 0 Å². The molecule has 0 fully saturated rings. The fourth-order valence-electron chi connectivity index (χ4n) is 8.18. The monoisotopic (exact) mass is 693 g/mol. The van der Waals surface area contributed by atoms with Gasteiger partial charge in [-0.25, -0.2) is 4.98 Å². The van der Waals surface area contributed by atoms with Crippen LogP contribution in [0.2, 0.25) is 0 Å². The first-order valence-electron chi connectivity index (χ1n) is 20.5. The molecule has 0 aliphatic carbocycles. The Labute approximate surface area is 319 Å². The molecule has 9 aromatic carbocycles. The number of hydrogen-bond donors (Lipinski definition) is 0. The molecular formula is C51H32N2O. The first-order chi connectivity index (χ1) is 28.9. The lowest BCUT2D eigenvalue weighted by Crippen LogP contribution is -1.98. The van der Waals surface area contributed by atoms with Crippen molar-refractivity contribution >= 4 is 54.5 Å². The number of furan rings is 1. The zero-order chi connectivity index (χ0) is 39.9. The van der Waals surface area contributed by atoms with E-state index in [1.165, 1.54) is 0 Å². The zero-order valence-corrected chi connectivity index (χ0v) is 28.9. The molecule has 54 heavy (non-hydrogen) atoms. The third-order valence-electron chi connectivity index (χ3n) is 10.5. The van der Waals surface area contributed by atoms with Crippen LogP contribution in [0.15, 0.2) is 198 Å². The summed E-state index contributed by atoms with van der Waals surface area (Å²) in [6.07, 6.45) is 0. The molecule has 11 aromatic rings. The Kier molecular flexibility index (Phi) is 5.79. The smallest absolute Gasteiger partial charge is 0.145 e. The molecule has 3 heteroatoms. The van der Waals surface area contributed by atoms with Gasteiger partial charge in [-0.3, -0.25) is 4.57 Å². The molecule has 0 saturated heterocycles. The van der Waals surface area contributed by atoms with E-state index in [0.717, 1.165) is 93.8 Å². The summed E-state index contributed by atoms with van der Waals surface area (Å²) in [4.78, 5) is 5.11. The minimum absolute atomic E-state index is 0.160. The molecule has 0 atom stereocenters. The van der Waals surface area contributed by atoms with Crippen LogP contribution in [0.1, 0.15) is 6.85 Å². The number of fused-ring (bicyclic) bond motifs is 6. The van der Waals surface area contributed by atoms with E-state index in [1.807, 2.05) is 84.9 Å². The lowest BCUT2D eigenvalue weighted by molar-refractivity contribution is 0.669. The Hall–Kier alpha value is -7.23. The van der Waals surface area contributed by atoms with Crippen LogP contribution in [0.5, 0.6) is 0 Å². The number of aromatic nitrogens is 2. The Balaban J connectivity index is 1.25. The third-order valence-corrected chi connectivity index (χ3v) is 10.5. The van der Waals surface area contributed by atoms with Crippen LogP contribution in [0.25, 0.3) is 105 Å². The molecule has 0 N–H and O–H groups in total. The van der Waals surface area contributed by atoms with Gasteiger partial charge in [0.25, 0.3) is 0 Å². The van der Waals surface area contributed by atoms with Crippen molar-refractivity contribution in [2.45, 2.75) is 0 Å². The average Bonchev–Trinajstić information content (AvgIpc) is 3.87. The van der Waals surface area contributed by atoms with Crippen molar-refractivity contribution in [1.82, 2.24) is 9.55 Å². The lowest BCUT2D eigenvalue weighted by atomic mass is 9.84. The maximum atomic E-state index is 8.92. The summed E-state index contributed by atoms with van der Waals surface area (Å²) in [7, 11) is 0. The van der Waals surface area contributed by atoms with Crippen molar-refractivity contribution in [3.8, 4) is 50.5 Å². The largest absolute Gasteiger partial charge is 0.456 e. The number of nitrogens with zero attached hydrogens (tertiary/aromatic N) is 2. The number of benzene rings is 9. The van der Waals surface area contributed by atoms with E-state index in [0.29, 0.717) is 5.56 Å². The minimum atomic E-state index is -0.419. The summed E-state index contributed by atoms with van der Waals surface area (Å²) < 4.78 is 51.7. The average molecular weight is 694 g/mol. The molecule has 0 aliphatic heterocycles. The summed E-state index contributed by atoms with van der Waals surface area (Å²) in [6.45, 7) is 0. The normalized spacial score (nSPS) is 13.0. The highest BCUT2D eigenvalue weighted by Gasteiger charge is 2.22. The van der Waals surface area contributed by atoms with E-state index in [-0.39, 0.29) is 29.7 Å². The summed E-state index contributed by atoms with van der Waals surface area (Å²) in [5, 5.41) is 5.87. The Morgan fingerprint density at radius 1 is 0.463 bits per heavy atom. The lowest BCUT2D eigenvalue weighted by Gasteiger charge is -2.20. The highest BCUT2D eigenvalue weighted by Crippen LogP contribution is 2.48. The summed E-state index contributed by atoms with van der Waals surface area (Å²) in [5.74, 6) is 0.845. The van der Waals surface area contributed by atoms with Crippen molar-refractivity contribution in [2.24, 2.45) is 0 Å². The second kappa shape index (κ2) is 12.2. The van der Waals surface area contributed by atoms with Crippen molar-refractivity contribution in [3.05, 3.63) is 194 Å². The van der Waals surface area contributed by atoms with Gasteiger partial charge in [-0.1, -0.05) is 152 Å². The molecule has 0 aliphatic rings. The van der Waals surface area contributed by atoms with E-state index in [1.54, 1.807) is 0 Å². The third kappa shape index (κ3) is 4.72. The van der Waals surface area contributed by atoms with Gasteiger partial charge >= 0.3 is 0 Å². The molecule has 2 heterocycles. The summed E-state index contributed by atoms with van der Waals surface area (Å²) in [5.41, 5.74) is 10.1. The van der Waals surface area contributed by atoms with E-state index in [2.05, 4.69) is 83.4 Å². The van der Waals surface area contributed by atoms with Crippen LogP contribution in [-0.2, 0) is 0 Å². The molecule has 0 amide bonds. The van der Waals surface area contributed by atoms with Crippen LogP contribution in [-0.4, -0.2) is 9.55 Å². The number of rotatable bonds is 5. The summed E-state index contributed by atoms with van der Waals surface area (Å²) >= 11 is 0. The van der Waals surface area contributed by atoms with Crippen LogP contribution in [0.4, 0.5) is 0 Å². The van der Waals surface area contributed by atoms with E-state index < -0.39 is 6.04 Å². The van der Waals surface area contributed by atoms with Crippen molar-refractivity contribution in [3.63, 3.8) is 0 Å². The Morgan fingerprint density at radius 3 is 2.02 bits per heavy atom. The quantitative estimate of drug-likeness (QED) is 0.168. The first kappa shape index (κ1) is 25.7. The number of para-hydroxylation sites is 3. The molecular weight excluding hydrogens is 657 g/mol. The zero-order valence-electron chi connectivity index (χ0n) is 33.9. The second-order valence-corrected chi connectivity index (χ2v) is 13.5. The summed E-state index contributed by atoms with van der Waals surface area (Å²) in [6, 6.07) is 53.9. The van der Waals surface area contributed by atoms with Gasteiger partial charge in [0.1, 0.15) is 17.0 Å². The van der Waals surface area contributed by atoms with Gasteiger partial charge in [0.15, 0.2) is 0 Å². The van der Waals surface area contributed by atoms with Crippen molar-refractivity contribution < 1.29 is 11.3 Å². The SMILES string of the molecule is [2H]c1c([2H])c([2H])c(-c2ccc3c(-c4cccc(-n5c(-c6ccccc6)nc6ccccc65)c4)c4ccccc4c(-c4cccc5oc6ccccc6c45)c3c2)c([2H])c1[2H]. The van der Waals surface area contributed by atoms with Gasteiger partial charge in [0, 0.05) is 22.0 Å². The van der Waals surface area contributed by atoms with Gasteiger partial charge in [-0.05, 0) is 97.4 Å². The van der Waals surface area contributed by atoms with Gasteiger partial charge < -0.3 is 4.42 Å². The molecule has 0 spiro atoms. The number of imidazole rings is 1. The van der Waals surface area contributed by atoms with Crippen molar-refractivity contribution in [2.75, 3.05) is 0 Å². The maximum absolute atomic E-state index is 8.92. The molecule has 0 unspecified atom stereocenters. The van der Waals surface area contributed by atoms with Gasteiger partial charge in [-0.2, -0.15) is 0 Å². The van der Waals surface area contributed by atoms with Crippen LogP contribution in [0, 0.1) is 0 Å². The van der Waals surface area contributed by atoms with E-state index in [9.17, 15) is 0 Å². The first-order valence-corrected chi connectivity index (χ1v) is 18.0. The minimum Gasteiger partial charge on any atom is -0.456 e. The van der Waals surface area contributed by atoms with Crippen LogP contribution >= 0.6 is 0 Å². The number of hydrogen-bond acceptors (Lipinski definition) is 2. The van der Waals surface area contributed by atoms with Crippen LogP contribution < -0.4 is 0 Å². The molecule has 2 aromatic heterocycles. The fraction of sp³-hybridized carbons (Fsp3) is 0. The van der Waals surface area contributed by atoms with Gasteiger partial charge in [-0.15, -0.1) is 0 Å². The van der Waals surface area contributed by atoms with E-state index >= 15 is 0 Å². The van der Waals surface area contributed by atoms with Crippen LogP contribution in [0.3, 0.4) is 0 Å². The predicted molar refractivity (Wildman–Crippen MR) is 225 cm³/mol. The standard InChI is InChI=1S/C51H32N2O/c1-3-15-33(16-4-1)35-29-30-40-43(32-35)49(42-24-14-28-47-50(42)41-23-9-12-27-46(41)54-47)39-22-8-7-21-38(39)48(40)36-19-13-20-37(31-36)53-45-26-11-10-25-44(45)52-51(53)34-17-5-2-6-18-34/h1-32H/i1D,3D,4D,15D,16D. The maximum Gasteiger partial charge on any atom is 0.145 e. The molecule has 252 valence electrons. The molecule has 0 saturated carbocycles.